The molecule has 0 saturated heterocycles. The van der Waals surface area contributed by atoms with Crippen molar-refractivity contribution in [2.24, 2.45) is 0 Å². The summed E-state index contributed by atoms with van der Waals surface area (Å²) >= 11 is 3.13. The molecule has 1 aromatic rings. The predicted octanol–water partition coefficient (Wildman–Crippen LogP) is 2.66. The van der Waals surface area contributed by atoms with Crippen molar-refractivity contribution >= 4 is 21.6 Å². The van der Waals surface area contributed by atoms with Gasteiger partial charge in [-0.25, -0.2) is 0 Å². The lowest BCUT2D eigenvalue weighted by Gasteiger charge is -2.16. The molecule has 4 nitrogen and oxygen atoms in total. The summed E-state index contributed by atoms with van der Waals surface area (Å²) in [4.78, 5) is 14.3. The Morgan fingerprint density at radius 2 is 2.27 bits per heavy atom. The van der Waals surface area contributed by atoms with Crippen LogP contribution in [-0.2, 0) is 5.41 Å². The molecular weight excluding hydrogens is 260 g/mol. The molecule has 0 N–H and O–H groups in total. The van der Waals surface area contributed by atoms with Gasteiger partial charge in [-0.1, -0.05) is 5.92 Å². The largest absolute Gasteiger partial charge is 0.293 e. The van der Waals surface area contributed by atoms with Crippen molar-refractivity contribution < 1.29 is 4.92 Å². The first-order valence-corrected chi connectivity index (χ1v) is 4.96. The van der Waals surface area contributed by atoms with Crippen molar-refractivity contribution in [3.63, 3.8) is 0 Å². The summed E-state index contributed by atoms with van der Waals surface area (Å²) in [5.41, 5.74) is -0.506. The maximum absolute atomic E-state index is 10.8. The smallest absolute Gasteiger partial charge is 0.258 e. The molecule has 15 heavy (non-hydrogen) atoms. The van der Waals surface area contributed by atoms with E-state index >= 15 is 0 Å². The summed E-state index contributed by atoms with van der Waals surface area (Å²) in [7, 11) is 0. The Bertz CT molecular complexity index is 449. The number of terminal acetylenes is 1. The van der Waals surface area contributed by atoms with Gasteiger partial charge in [-0.05, 0) is 29.8 Å². The Hall–Kier alpha value is -1.41. The third kappa shape index (κ3) is 2.34. The minimum Gasteiger partial charge on any atom is -0.258 e. The molecule has 78 valence electrons. The normalized spacial score (nSPS) is 10.8. The van der Waals surface area contributed by atoms with Crippen LogP contribution in [0.15, 0.2) is 16.7 Å². The standard InChI is InChI=1S/C10H9BrN2O2/c1-4-10(2,3)9-8(13(14)15)5-7(11)6-12-9/h1,5-6H,2-3H3. The predicted molar refractivity (Wildman–Crippen MR) is 60.5 cm³/mol. The summed E-state index contributed by atoms with van der Waals surface area (Å²) in [6.45, 7) is 3.44. The summed E-state index contributed by atoms with van der Waals surface area (Å²) < 4.78 is 0.561. The lowest BCUT2D eigenvalue weighted by atomic mass is 9.89. The van der Waals surface area contributed by atoms with Crippen molar-refractivity contribution in [2.45, 2.75) is 19.3 Å². The number of nitrogens with zero attached hydrogens (tertiary/aromatic N) is 2. The summed E-state index contributed by atoms with van der Waals surface area (Å²) in [5, 5.41) is 10.8. The number of hydrogen-bond acceptors (Lipinski definition) is 3. The Morgan fingerprint density at radius 1 is 1.67 bits per heavy atom. The van der Waals surface area contributed by atoms with Crippen LogP contribution in [0.5, 0.6) is 0 Å². The van der Waals surface area contributed by atoms with E-state index in [9.17, 15) is 10.1 Å². The van der Waals surface area contributed by atoms with E-state index in [4.69, 9.17) is 6.42 Å². The van der Waals surface area contributed by atoms with Gasteiger partial charge in [0.05, 0.1) is 10.3 Å². The van der Waals surface area contributed by atoms with Crippen LogP contribution >= 0.6 is 15.9 Å². The molecule has 1 heterocycles. The van der Waals surface area contributed by atoms with Gasteiger partial charge in [0.1, 0.15) is 5.69 Å². The second-order valence-corrected chi connectivity index (χ2v) is 4.46. The second-order valence-electron chi connectivity index (χ2n) is 3.55. The van der Waals surface area contributed by atoms with Gasteiger partial charge in [0.2, 0.25) is 0 Å². The Morgan fingerprint density at radius 3 is 2.73 bits per heavy atom. The van der Waals surface area contributed by atoms with E-state index < -0.39 is 10.3 Å². The fourth-order valence-corrected chi connectivity index (χ4v) is 1.44. The van der Waals surface area contributed by atoms with Crippen LogP contribution in [0, 0.1) is 22.5 Å². The van der Waals surface area contributed by atoms with Gasteiger partial charge in [0, 0.05) is 16.7 Å². The first-order chi connectivity index (χ1) is 6.88. The van der Waals surface area contributed by atoms with Gasteiger partial charge in [0.15, 0.2) is 0 Å². The number of pyridine rings is 1. The van der Waals surface area contributed by atoms with Crippen molar-refractivity contribution in [1.82, 2.24) is 4.98 Å². The van der Waals surface area contributed by atoms with Crippen molar-refractivity contribution in [2.75, 3.05) is 0 Å². The molecule has 0 aliphatic carbocycles. The van der Waals surface area contributed by atoms with Crippen LogP contribution in [0.4, 0.5) is 5.69 Å². The molecule has 0 saturated carbocycles. The Kier molecular flexibility index (Phi) is 3.10. The van der Waals surface area contributed by atoms with E-state index in [2.05, 4.69) is 26.8 Å². The summed E-state index contributed by atoms with van der Waals surface area (Å²) in [6.07, 6.45) is 6.82. The quantitative estimate of drug-likeness (QED) is 0.471. The zero-order chi connectivity index (χ0) is 11.6. The first kappa shape index (κ1) is 11.7. The highest BCUT2D eigenvalue weighted by atomic mass is 79.9. The zero-order valence-electron chi connectivity index (χ0n) is 8.32. The van der Waals surface area contributed by atoms with Gasteiger partial charge in [-0.15, -0.1) is 6.42 Å². The topological polar surface area (TPSA) is 56.0 Å². The molecule has 0 atom stereocenters. The van der Waals surface area contributed by atoms with E-state index in [1.165, 1.54) is 12.3 Å². The molecule has 0 aliphatic rings. The summed E-state index contributed by atoms with van der Waals surface area (Å²) in [5.74, 6) is 2.49. The van der Waals surface area contributed by atoms with Crippen molar-refractivity contribution in [3.8, 4) is 12.3 Å². The van der Waals surface area contributed by atoms with E-state index in [0.717, 1.165) is 0 Å². The van der Waals surface area contributed by atoms with E-state index in [1.54, 1.807) is 13.8 Å². The van der Waals surface area contributed by atoms with Crippen LogP contribution in [0.1, 0.15) is 19.5 Å². The highest BCUT2D eigenvalue weighted by molar-refractivity contribution is 9.10. The number of hydrogen-bond donors (Lipinski definition) is 0. The van der Waals surface area contributed by atoms with Crippen molar-refractivity contribution in [3.05, 3.63) is 32.5 Å². The minimum absolute atomic E-state index is 0.0627. The monoisotopic (exact) mass is 268 g/mol. The molecule has 0 spiro atoms. The van der Waals surface area contributed by atoms with E-state index in [1.807, 2.05) is 0 Å². The molecule has 1 rings (SSSR count). The maximum atomic E-state index is 10.8. The third-order valence-corrected chi connectivity index (χ3v) is 2.42. The van der Waals surface area contributed by atoms with Crippen LogP contribution in [0.25, 0.3) is 0 Å². The second kappa shape index (κ2) is 3.99. The highest BCUT2D eigenvalue weighted by Gasteiger charge is 2.29. The lowest BCUT2D eigenvalue weighted by Crippen LogP contribution is -2.18. The SMILES string of the molecule is C#CC(C)(C)c1ncc(Br)cc1[N+](=O)[O-]. The van der Waals surface area contributed by atoms with E-state index in [-0.39, 0.29) is 5.69 Å². The first-order valence-electron chi connectivity index (χ1n) is 4.16. The number of halogens is 1. The Labute approximate surface area is 96.0 Å². The van der Waals surface area contributed by atoms with Gasteiger partial charge < -0.3 is 0 Å². The third-order valence-electron chi connectivity index (χ3n) is 1.98. The number of nitro groups is 1. The van der Waals surface area contributed by atoms with Gasteiger partial charge >= 0.3 is 0 Å². The number of aromatic nitrogens is 1. The van der Waals surface area contributed by atoms with Crippen LogP contribution in [-0.4, -0.2) is 9.91 Å². The molecule has 0 bridgehead atoms. The van der Waals surface area contributed by atoms with Crippen LogP contribution in [0.2, 0.25) is 0 Å². The van der Waals surface area contributed by atoms with Crippen LogP contribution < -0.4 is 0 Å². The summed E-state index contributed by atoms with van der Waals surface area (Å²) in [6, 6.07) is 1.40. The van der Waals surface area contributed by atoms with Gasteiger partial charge in [-0.2, -0.15) is 0 Å². The lowest BCUT2D eigenvalue weighted by molar-refractivity contribution is -0.386. The molecule has 0 fully saturated rings. The maximum Gasteiger partial charge on any atom is 0.293 e. The fourth-order valence-electron chi connectivity index (χ4n) is 1.12. The Balaban J connectivity index is 3.44. The molecule has 5 heteroatoms. The molecule has 0 unspecified atom stereocenters. The molecule has 0 aromatic carbocycles. The molecule has 1 aromatic heterocycles. The molecule has 0 radical (unpaired) electrons. The molecular formula is C10H9BrN2O2. The fraction of sp³-hybridized carbons (Fsp3) is 0.300. The van der Waals surface area contributed by atoms with Crippen molar-refractivity contribution in [1.29, 1.82) is 0 Å². The minimum atomic E-state index is -0.747. The highest BCUT2D eigenvalue weighted by Crippen LogP contribution is 2.30. The zero-order valence-corrected chi connectivity index (χ0v) is 9.91. The van der Waals surface area contributed by atoms with Gasteiger partial charge in [-0.3, -0.25) is 15.1 Å². The van der Waals surface area contributed by atoms with Crippen LogP contribution in [0.3, 0.4) is 0 Å². The van der Waals surface area contributed by atoms with Gasteiger partial charge in [0.25, 0.3) is 5.69 Å². The van der Waals surface area contributed by atoms with E-state index in [0.29, 0.717) is 10.2 Å². The average Bonchev–Trinajstić information content (AvgIpc) is 2.17. The molecule has 0 aliphatic heterocycles. The number of rotatable bonds is 2. The molecule has 0 amide bonds. The average molecular weight is 269 g/mol.